The SMILES string of the molecule is C[C@H]1CC(Cn2ccc3nc(-c4cn[nH]c4)ccc32)CN1S(=O)(=O)c1cccc(C#N)c1. The first kappa shape index (κ1) is 20.4. The first-order valence-electron chi connectivity index (χ1n) is 10.4. The largest absolute Gasteiger partial charge is 0.346 e. The van der Waals surface area contributed by atoms with Crippen LogP contribution in [0.1, 0.15) is 18.9 Å². The lowest BCUT2D eigenvalue weighted by Gasteiger charge is -2.21. The summed E-state index contributed by atoms with van der Waals surface area (Å²) in [4.78, 5) is 4.90. The summed E-state index contributed by atoms with van der Waals surface area (Å²) in [5, 5.41) is 15.9. The van der Waals surface area contributed by atoms with E-state index in [1.165, 1.54) is 6.07 Å². The highest BCUT2D eigenvalue weighted by molar-refractivity contribution is 7.89. The van der Waals surface area contributed by atoms with Crippen molar-refractivity contribution in [2.45, 2.75) is 30.8 Å². The van der Waals surface area contributed by atoms with Gasteiger partial charge in [-0.2, -0.15) is 14.7 Å². The topological polar surface area (TPSA) is 108 Å². The fourth-order valence-corrected chi connectivity index (χ4v) is 6.26. The Kier molecular flexibility index (Phi) is 5.04. The maximum atomic E-state index is 13.2. The van der Waals surface area contributed by atoms with E-state index < -0.39 is 10.0 Å². The van der Waals surface area contributed by atoms with E-state index in [0.29, 0.717) is 18.7 Å². The van der Waals surface area contributed by atoms with Crippen molar-refractivity contribution in [3.05, 3.63) is 66.6 Å². The summed E-state index contributed by atoms with van der Waals surface area (Å²) in [6, 6.07) is 14.1. The second-order valence-corrected chi connectivity index (χ2v) is 10.1. The average molecular weight is 447 g/mol. The van der Waals surface area contributed by atoms with Crippen molar-refractivity contribution in [3.8, 4) is 17.3 Å². The summed E-state index contributed by atoms with van der Waals surface area (Å²) in [7, 11) is -3.65. The van der Waals surface area contributed by atoms with Crippen LogP contribution in [0.5, 0.6) is 0 Å². The number of sulfonamides is 1. The standard InChI is InChI=1S/C23H22N6O2S/c1-16-9-18(15-29(16)32(30,31)20-4-2-3-17(10-20)11-24)14-28-8-7-22-23(28)6-5-21(27-22)19-12-25-26-13-19/h2-8,10,12-13,16,18H,9,14-15H2,1H3,(H,25,26)/t16-,18?/m0/s1. The molecule has 1 N–H and O–H groups in total. The fraction of sp³-hybridized carbons (Fsp3) is 0.261. The molecule has 4 heterocycles. The minimum atomic E-state index is -3.65. The maximum Gasteiger partial charge on any atom is 0.243 e. The smallest absolute Gasteiger partial charge is 0.243 e. The third-order valence-corrected chi connectivity index (χ3v) is 8.02. The summed E-state index contributed by atoms with van der Waals surface area (Å²) in [5.74, 6) is 0.183. The molecule has 8 nitrogen and oxygen atoms in total. The number of fused-ring (bicyclic) bond motifs is 1. The van der Waals surface area contributed by atoms with E-state index in [-0.39, 0.29) is 16.9 Å². The molecule has 9 heteroatoms. The van der Waals surface area contributed by atoms with Crippen molar-refractivity contribution in [1.82, 2.24) is 24.1 Å². The molecular formula is C23H22N6O2S. The molecule has 1 unspecified atom stereocenters. The summed E-state index contributed by atoms with van der Waals surface area (Å²) >= 11 is 0. The zero-order valence-electron chi connectivity index (χ0n) is 17.5. The molecule has 32 heavy (non-hydrogen) atoms. The van der Waals surface area contributed by atoms with Crippen molar-refractivity contribution in [2.24, 2.45) is 5.92 Å². The Morgan fingerprint density at radius 1 is 1.25 bits per heavy atom. The number of H-pyrrole nitrogens is 1. The number of benzene rings is 1. The lowest BCUT2D eigenvalue weighted by atomic mass is 10.1. The monoisotopic (exact) mass is 446 g/mol. The molecule has 0 bridgehead atoms. The van der Waals surface area contributed by atoms with Gasteiger partial charge in [-0.15, -0.1) is 0 Å². The molecular weight excluding hydrogens is 424 g/mol. The molecule has 2 atom stereocenters. The van der Waals surface area contributed by atoms with E-state index in [1.54, 1.807) is 28.7 Å². The molecule has 3 aromatic heterocycles. The number of rotatable bonds is 5. The Balaban J connectivity index is 1.36. The van der Waals surface area contributed by atoms with Crippen LogP contribution in [0, 0.1) is 17.2 Å². The Labute approximate surface area is 186 Å². The number of nitrogens with one attached hydrogen (secondary N) is 1. The van der Waals surface area contributed by atoms with Crippen molar-refractivity contribution in [1.29, 1.82) is 5.26 Å². The van der Waals surface area contributed by atoms with E-state index in [0.717, 1.165) is 28.7 Å². The highest BCUT2D eigenvalue weighted by Gasteiger charge is 2.38. The number of nitriles is 1. The Bertz CT molecular complexity index is 1420. The van der Waals surface area contributed by atoms with Crippen LogP contribution in [0.4, 0.5) is 0 Å². The minimum Gasteiger partial charge on any atom is -0.346 e. The van der Waals surface area contributed by atoms with Gasteiger partial charge in [0.15, 0.2) is 0 Å². The minimum absolute atomic E-state index is 0.108. The molecule has 0 aliphatic carbocycles. The van der Waals surface area contributed by atoms with Crippen LogP contribution in [0.2, 0.25) is 0 Å². The molecule has 4 aromatic rings. The van der Waals surface area contributed by atoms with Crippen molar-refractivity contribution >= 4 is 21.1 Å². The van der Waals surface area contributed by atoms with Crippen LogP contribution >= 0.6 is 0 Å². The van der Waals surface area contributed by atoms with Crippen LogP contribution in [0.15, 0.2) is 66.0 Å². The zero-order valence-corrected chi connectivity index (χ0v) is 18.3. The molecule has 1 aliphatic heterocycles. The fourth-order valence-electron chi connectivity index (χ4n) is 4.50. The summed E-state index contributed by atoms with van der Waals surface area (Å²) in [5.41, 5.74) is 4.05. The maximum absolute atomic E-state index is 13.2. The van der Waals surface area contributed by atoms with Crippen LogP contribution in [0.3, 0.4) is 0 Å². The van der Waals surface area contributed by atoms with Gasteiger partial charge in [-0.25, -0.2) is 13.4 Å². The Hall–Kier alpha value is -3.48. The van der Waals surface area contributed by atoms with Crippen LogP contribution in [0.25, 0.3) is 22.3 Å². The summed E-state index contributed by atoms with van der Waals surface area (Å²) in [6.07, 6.45) is 6.34. The number of aromatic amines is 1. The van der Waals surface area contributed by atoms with Crippen LogP contribution < -0.4 is 0 Å². The van der Waals surface area contributed by atoms with Gasteiger partial charge in [0.25, 0.3) is 0 Å². The van der Waals surface area contributed by atoms with Gasteiger partial charge in [0.1, 0.15) is 0 Å². The highest BCUT2D eigenvalue weighted by Crippen LogP contribution is 2.31. The molecule has 0 amide bonds. The van der Waals surface area contributed by atoms with Gasteiger partial charge in [0, 0.05) is 37.1 Å². The molecule has 1 aliphatic rings. The molecule has 5 rings (SSSR count). The molecule has 0 saturated carbocycles. The highest BCUT2D eigenvalue weighted by atomic mass is 32.2. The van der Waals surface area contributed by atoms with Crippen molar-refractivity contribution in [2.75, 3.05) is 6.54 Å². The van der Waals surface area contributed by atoms with Crippen LogP contribution in [-0.4, -0.2) is 45.1 Å². The number of hydrogen-bond acceptors (Lipinski definition) is 5. The van der Waals surface area contributed by atoms with E-state index in [2.05, 4.69) is 14.8 Å². The molecule has 1 saturated heterocycles. The van der Waals surface area contributed by atoms with Gasteiger partial charge in [-0.3, -0.25) is 5.10 Å². The molecule has 0 spiro atoms. The number of aromatic nitrogens is 4. The van der Waals surface area contributed by atoms with E-state index >= 15 is 0 Å². The normalized spacial score (nSPS) is 19.4. The summed E-state index contributed by atoms with van der Waals surface area (Å²) < 4.78 is 30.1. The second-order valence-electron chi connectivity index (χ2n) is 8.22. The van der Waals surface area contributed by atoms with Gasteiger partial charge < -0.3 is 4.57 Å². The van der Waals surface area contributed by atoms with E-state index in [9.17, 15) is 8.42 Å². The first-order valence-corrected chi connectivity index (χ1v) is 11.9. The van der Waals surface area contributed by atoms with Gasteiger partial charge in [0.05, 0.1) is 39.5 Å². The molecule has 0 radical (unpaired) electrons. The molecule has 1 aromatic carbocycles. The predicted molar refractivity (Wildman–Crippen MR) is 120 cm³/mol. The van der Waals surface area contributed by atoms with Gasteiger partial charge in [-0.1, -0.05) is 6.07 Å². The number of pyridine rings is 1. The van der Waals surface area contributed by atoms with Crippen molar-refractivity contribution < 1.29 is 8.42 Å². The van der Waals surface area contributed by atoms with Crippen molar-refractivity contribution in [3.63, 3.8) is 0 Å². The third-order valence-electron chi connectivity index (χ3n) is 6.05. The molecule has 162 valence electrons. The van der Waals surface area contributed by atoms with Gasteiger partial charge in [-0.05, 0) is 55.7 Å². The number of nitrogens with zero attached hydrogens (tertiary/aromatic N) is 5. The third kappa shape index (κ3) is 3.57. The quantitative estimate of drug-likeness (QED) is 0.506. The average Bonchev–Trinajstić information content (AvgIpc) is 3.54. The Morgan fingerprint density at radius 2 is 2.12 bits per heavy atom. The van der Waals surface area contributed by atoms with Crippen LogP contribution in [-0.2, 0) is 16.6 Å². The first-order chi connectivity index (χ1) is 15.5. The lowest BCUT2D eigenvalue weighted by Crippen LogP contribution is -2.34. The summed E-state index contributed by atoms with van der Waals surface area (Å²) in [6.45, 7) is 3.10. The van der Waals surface area contributed by atoms with Gasteiger partial charge >= 0.3 is 0 Å². The van der Waals surface area contributed by atoms with Gasteiger partial charge in [0.2, 0.25) is 10.0 Å². The number of hydrogen-bond donors (Lipinski definition) is 1. The predicted octanol–water partition coefficient (Wildman–Crippen LogP) is 3.40. The second kappa shape index (κ2) is 7.89. The lowest BCUT2D eigenvalue weighted by molar-refractivity contribution is 0.399. The van der Waals surface area contributed by atoms with E-state index in [1.807, 2.05) is 43.6 Å². The van der Waals surface area contributed by atoms with E-state index in [4.69, 9.17) is 10.2 Å². The zero-order chi connectivity index (χ0) is 22.3. The molecule has 1 fully saturated rings. The Morgan fingerprint density at radius 3 is 2.91 bits per heavy atom.